The summed E-state index contributed by atoms with van der Waals surface area (Å²) in [5, 5.41) is 8.75. The minimum atomic E-state index is -0.606. The van der Waals surface area contributed by atoms with Crippen LogP contribution in [0.3, 0.4) is 0 Å². The van der Waals surface area contributed by atoms with Gasteiger partial charge in [-0.05, 0) is 56.2 Å². The molecule has 28 heavy (non-hydrogen) atoms. The van der Waals surface area contributed by atoms with Gasteiger partial charge in [-0.1, -0.05) is 17.7 Å². The number of imide groups is 1. The summed E-state index contributed by atoms with van der Waals surface area (Å²) >= 11 is 0. The number of benzene rings is 2. The van der Waals surface area contributed by atoms with Crippen molar-refractivity contribution in [3.8, 4) is 0 Å². The van der Waals surface area contributed by atoms with E-state index < -0.39 is 6.04 Å². The highest BCUT2D eigenvalue weighted by molar-refractivity contribution is 6.23. The topological polar surface area (TPSA) is 90.5 Å². The van der Waals surface area contributed by atoms with Gasteiger partial charge in [-0.25, -0.2) is 9.69 Å². The van der Waals surface area contributed by atoms with E-state index in [9.17, 15) is 14.4 Å². The van der Waals surface area contributed by atoms with E-state index in [1.54, 1.807) is 36.4 Å². The van der Waals surface area contributed by atoms with Crippen LogP contribution in [0.15, 0.2) is 48.5 Å². The van der Waals surface area contributed by atoms with Crippen LogP contribution in [0.2, 0.25) is 0 Å². The number of amides is 4. The molecule has 4 rings (SSSR count). The average molecular weight is 378 g/mol. The number of aryl methyl sites for hydroxylation is 1. The van der Waals surface area contributed by atoms with Crippen LogP contribution in [0.4, 0.5) is 21.9 Å². The van der Waals surface area contributed by atoms with E-state index in [0.717, 1.165) is 18.4 Å². The highest BCUT2D eigenvalue weighted by atomic mass is 16.2. The zero-order chi connectivity index (χ0) is 19.7. The molecular formula is C21H22N4O3. The first-order valence-electron chi connectivity index (χ1n) is 9.37. The lowest BCUT2D eigenvalue weighted by atomic mass is 10.2. The molecule has 1 aliphatic heterocycles. The fourth-order valence-corrected chi connectivity index (χ4v) is 3.14. The predicted octanol–water partition coefficient (Wildman–Crippen LogP) is 3.02. The van der Waals surface area contributed by atoms with Crippen molar-refractivity contribution < 1.29 is 14.4 Å². The highest BCUT2D eigenvalue weighted by Gasteiger charge is 2.39. The van der Waals surface area contributed by atoms with Crippen molar-refractivity contribution in [2.75, 3.05) is 15.5 Å². The molecule has 2 aliphatic rings. The van der Waals surface area contributed by atoms with Crippen LogP contribution in [0.5, 0.6) is 0 Å². The maximum absolute atomic E-state index is 12.7. The number of hydrogen-bond donors (Lipinski definition) is 3. The Morgan fingerprint density at radius 2 is 1.61 bits per heavy atom. The number of nitrogens with one attached hydrogen (secondary N) is 3. The molecule has 1 atom stereocenters. The lowest BCUT2D eigenvalue weighted by molar-refractivity contribution is -0.121. The number of nitrogens with zero attached hydrogens (tertiary/aromatic N) is 1. The van der Waals surface area contributed by atoms with Crippen molar-refractivity contribution >= 4 is 34.9 Å². The van der Waals surface area contributed by atoms with E-state index >= 15 is 0 Å². The lowest BCUT2D eigenvalue weighted by Crippen LogP contribution is -2.34. The van der Waals surface area contributed by atoms with Crippen molar-refractivity contribution in [1.82, 2.24) is 5.32 Å². The van der Waals surface area contributed by atoms with E-state index in [-0.39, 0.29) is 24.3 Å². The summed E-state index contributed by atoms with van der Waals surface area (Å²) in [6.45, 7) is 1.95. The van der Waals surface area contributed by atoms with E-state index in [0.29, 0.717) is 23.1 Å². The second-order valence-electron chi connectivity index (χ2n) is 7.25. The average Bonchev–Trinajstić information content (AvgIpc) is 3.43. The molecule has 2 fully saturated rings. The number of carbonyl (C=O) groups excluding carboxylic acids is 3. The van der Waals surface area contributed by atoms with Gasteiger partial charge in [0.05, 0.1) is 12.1 Å². The van der Waals surface area contributed by atoms with Crippen LogP contribution >= 0.6 is 0 Å². The van der Waals surface area contributed by atoms with Gasteiger partial charge >= 0.3 is 6.03 Å². The van der Waals surface area contributed by atoms with Gasteiger partial charge in [0.2, 0.25) is 5.91 Å². The summed E-state index contributed by atoms with van der Waals surface area (Å²) in [4.78, 5) is 38.1. The van der Waals surface area contributed by atoms with Gasteiger partial charge in [-0.2, -0.15) is 0 Å². The fourth-order valence-electron chi connectivity index (χ4n) is 3.14. The molecule has 0 bridgehead atoms. The van der Waals surface area contributed by atoms with E-state index in [4.69, 9.17) is 0 Å². The Morgan fingerprint density at radius 3 is 2.25 bits per heavy atom. The fraction of sp³-hybridized carbons (Fsp3) is 0.286. The zero-order valence-electron chi connectivity index (χ0n) is 15.6. The van der Waals surface area contributed by atoms with E-state index in [1.807, 2.05) is 19.1 Å². The standard InChI is InChI=1S/C21H22N4O3/c1-13-2-10-17(11-3-13)25-19(26)12-18(20(25)27)22-14-4-6-15(7-5-14)23-21(28)24-16-8-9-16/h2-7,10-11,16,18,22H,8-9,12H2,1H3,(H2,23,24,28)/t18-/m1/s1. The van der Waals surface area contributed by atoms with Crippen molar-refractivity contribution in [2.45, 2.75) is 38.3 Å². The summed E-state index contributed by atoms with van der Waals surface area (Å²) in [6.07, 6.45) is 2.17. The summed E-state index contributed by atoms with van der Waals surface area (Å²) in [5.41, 5.74) is 3.03. The van der Waals surface area contributed by atoms with Crippen LogP contribution < -0.4 is 20.9 Å². The molecule has 4 amide bonds. The lowest BCUT2D eigenvalue weighted by Gasteiger charge is -2.16. The first kappa shape index (κ1) is 18.0. The smallest absolute Gasteiger partial charge is 0.319 e. The summed E-state index contributed by atoms with van der Waals surface area (Å²) < 4.78 is 0. The van der Waals surface area contributed by atoms with Crippen molar-refractivity contribution in [1.29, 1.82) is 0 Å². The highest BCUT2D eigenvalue weighted by Crippen LogP contribution is 2.26. The van der Waals surface area contributed by atoms with E-state index in [2.05, 4.69) is 16.0 Å². The molecule has 0 unspecified atom stereocenters. The summed E-state index contributed by atoms with van der Waals surface area (Å²) in [5.74, 6) is -0.485. The third-order valence-corrected chi connectivity index (χ3v) is 4.84. The maximum Gasteiger partial charge on any atom is 0.319 e. The Morgan fingerprint density at radius 1 is 0.964 bits per heavy atom. The quantitative estimate of drug-likeness (QED) is 0.698. The van der Waals surface area contributed by atoms with Crippen molar-refractivity contribution in [3.63, 3.8) is 0 Å². The third kappa shape index (κ3) is 3.98. The first-order chi connectivity index (χ1) is 13.5. The second kappa shape index (κ2) is 7.34. The zero-order valence-corrected chi connectivity index (χ0v) is 15.6. The Bertz CT molecular complexity index is 904. The van der Waals surface area contributed by atoms with Crippen LogP contribution in [-0.4, -0.2) is 29.9 Å². The summed E-state index contributed by atoms with van der Waals surface area (Å²) in [6, 6.07) is 13.9. The molecule has 1 saturated carbocycles. The number of anilines is 3. The molecule has 1 aliphatic carbocycles. The van der Waals surface area contributed by atoms with Gasteiger partial charge in [0.1, 0.15) is 6.04 Å². The Labute approximate surface area is 163 Å². The second-order valence-corrected chi connectivity index (χ2v) is 7.25. The normalized spacial score (nSPS) is 18.9. The predicted molar refractivity (Wildman–Crippen MR) is 107 cm³/mol. The maximum atomic E-state index is 12.7. The van der Waals surface area contributed by atoms with Crippen LogP contribution in [-0.2, 0) is 9.59 Å². The minimum Gasteiger partial charge on any atom is -0.373 e. The molecule has 7 nitrogen and oxygen atoms in total. The number of carbonyl (C=O) groups is 3. The van der Waals surface area contributed by atoms with Gasteiger partial charge in [-0.3, -0.25) is 9.59 Å². The Kier molecular flexibility index (Phi) is 4.73. The van der Waals surface area contributed by atoms with Gasteiger partial charge in [0, 0.05) is 17.4 Å². The Balaban J connectivity index is 1.38. The molecule has 3 N–H and O–H groups in total. The Hall–Kier alpha value is -3.35. The third-order valence-electron chi connectivity index (χ3n) is 4.84. The molecule has 144 valence electrons. The molecule has 1 heterocycles. The minimum absolute atomic E-state index is 0.108. The number of hydrogen-bond acceptors (Lipinski definition) is 4. The molecule has 0 radical (unpaired) electrons. The molecule has 0 aromatic heterocycles. The molecule has 7 heteroatoms. The molecule has 1 saturated heterocycles. The SMILES string of the molecule is Cc1ccc(N2C(=O)C[C@@H](Nc3ccc(NC(=O)NC4CC4)cc3)C2=O)cc1. The van der Waals surface area contributed by atoms with E-state index in [1.165, 1.54) is 4.90 Å². The first-order valence-corrected chi connectivity index (χ1v) is 9.37. The van der Waals surface area contributed by atoms with Crippen molar-refractivity contribution in [2.24, 2.45) is 0 Å². The number of rotatable bonds is 5. The molecule has 2 aromatic carbocycles. The van der Waals surface area contributed by atoms with Crippen molar-refractivity contribution in [3.05, 3.63) is 54.1 Å². The van der Waals surface area contributed by atoms with Gasteiger partial charge in [0.15, 0.2) is 0 Å². The van der Waals surface area contributed by atoms with Gasteiger partial charge < -0.3 is 16.0 Å². The molecule has 2 aromatic rings. The van der Waals surface area contributed by atoms with Gasteiger partial charge in [-0.15, -0.1) is 0 Å². The monoisotopic (exact) mass is 378 g/mol. The molecular weight excluding hydrogens is 356 g/mol. The molecule has 0 spiro atoms. The van der Waals surface area contributed by atoms with Crippen LogP contribution in [0.1, 0.15) is 24.8 Å². The largest absolute Gasteiger partial charge is 0.373 e. The summed E-state index contributed by atoms with van der Waals surface area (Å²) in [7, 11) is 0. The van der Waals surface area contributed by atoms with Gasteiger partial charge in [0.25, 0.3) is 5.91 Å². The van der Waals surface area contributed by atoms with Crippen LogP contribution in [0, 0.1) is 6.92 Å². The number of urea groups is 1. The van der Waals surface area contributed by atoms with Crippen LogP contribution in [0.25, 0.3) is 0 Å².